The first-order valence-electron chi connectivity index (χ1n) is 5.00. The summed E-state index contributed by atoms with van der Waals surface area (Å²) >= 11 is 0. The maximum Gasteiger partial charge on any atom is 0.123 e. The molecule has 0 amide bonds. The average Bonchev–Trinajstić information content (AvgIpc) is 2.35. The molecule has 0 aliphatic rings. The van der Waals surface area contributed by atoms with Crippen LogP contribution in [0.15, 0.2) is 53.6 Å². The Balaban J connectivity index is 2.41. The number of nitrogens with zero attached hydrogens (tertiary/aromatic N) is 1. The summed E-state index contributed by atoms with van der Waals surface area (Å²) in [5.74, 6) is 4.65. The fourth-order valence-corrected chi connectivity index (χ4v) is 1.53. The molecule has 0 fully saturated rings. The zero-order chi connectivity index (χ0) is 12.3. The molecule has 0 atom stereocenters. The molecule has 0 radical (unpaired) electrons. The molecule has 2 rings (SSSR count). The van der Waals surface area contributed by atoms with E-state index in [1.54, 1.807) is 24.3 Å². The Labute approximate surface area is 97.4 Å². The van der Waals surface area contributed by atoms with Crippen molar-refractivity contribution in [3.63, 3.8) is 0 Å². The van der Waals surface area contributed by atoms with Gasteiger partial charge in [0.05, 0.1) is 5.71 Å². The largest absolute Gasteiger partial charge is 0.323 e. The van der Waals surface area contributed by atoms with Crippen LogP contribution >= 0.6 is 0 Å². The van der Waals surface area contributed by atoms with Crippen molar-refractivity contribution >= 4 is 5.71 Å². The lowest BCUT2D eigenvalue weighted by molar-refractivity contribution is 0.627. The molecule has 0 heterocycles. The number of hydrazone groups is 1. The number of hydrogen-bond acceptors (Lipinski definition) is 2. The lowest BCUT2D eigenvalue weighted by Gasteiger charge is -2.05. The van der Waals surface area contributed by atoms with E-state index < -0.39 is 0 Å². The number of nitrogens with two attached hydrogens (primary N) is 1. The Morgan fingerprint density at radius 3 is 1.41 bits per heavy atom. The van der Waals surface area contributed by atoms with Crippen LogP contribution in [0.5, 0.6) is 0 Å². The van der Waals surface area contributed by atoms with Crippen molar-refractivity contribution in [2.45, 2.75) is 0 Å². The smallest absolute Gasteiger partial charge is 0.123 e. The Bertz CT molecular complexity index is 483. The third-order valence-corrected chi connectivity index (χ3v) is 2.36. The molecule has 86 valence electrons. The Morgan fingerprint density at radius 2 is 1.12 bits per heavy atom. The number of hydrogen-bond donors (Lipinski definition) is 1. The zero-order valence-electron chi connectivity index (χ0n) is 8.90. The first kappa shape index (κ1) is 11.3. The summed E-state index contributed by atoms with van der Waals surface area (Å²) in [5, 5.41) is 3.66. The van der Waals surface area contributed by atoms with Crippen molar-refractivity contribution in [2.75, 3.05) is 0 Å². The lowest BCUT2D eigenvalue weighted by atomic mass is 10.0. The number of halogens is 2. The van der Waals surface area contributed by atoms with E-state index in [0.717, 1.165) is 0 Å². The lowest BCUT2D eigenvalue weighted by Crippen LogP contribution is -2.06. The second-order valence-electron chi connectivity index (χ2n) is 3.49. The zero-order valence-corrected chi connectivity index (χ0v) is 8.90. The molecule has 0 unspecified atom stereocenters. The summed E-state index contributed by atoms with van der Waals surface area (Å²) in [7, 11) is 0. The standard InChI is InChI=1S/C13H10F2N2/c14-11-5-1-9(2-6-11)13(17-16)10-3-7-12(15)8-4-10/h1-8H,16H2. The van der Waals surface area contributed by atoms with Gasteiger partial charge in [0.2, 0.25) is 0 Å². The van der Waals surface area contributed by atoms with Crippen molar-refractivity contribution in [1.29, 1.82) is 0 Å². The van der Waals surface area contributed by atoms with Crippen molar-refractivity contribution < 1.29 is 8.78 Å². The molecule has 4 heteroatoms. The predicted molar refractivity (Wildman–Crippen MR) is 62.6 cm³/mol. The average molecular weight is 232 g/mol. The minimum Gasteiger partial charge on any atom is -0.323 e. The summed E-state index contributed by atoms with van der Waals surface area (Å²) in [6.45, 7) is 0. The fraction of sp³-hybridized carbons (Fsp3) is 0. The van der Waals surface area contributed by atoms with Crippen molar-refractivity contribution in [1.82, 2.24) is 0 Å². The summed E-state index contributed by atoms with van der Waals surface area (Å²) in [5.41, 5.74) is 1.85. The van der Waals surface area contributed by atoms with Gasteiger partial charge in [-0.15, -0.1) is 0 Å². The summed E-state index contributed by atoms with van der Waals surface area (Å²) < 4.78 is 25.6. The predicted octanol–water partition coefficient (Wildman–Crippen LogP) is 2.68. The van der Waals surface area contributed by atoms with Crippen LogP contribution in [-0.4, -0.2) is 5.71 Å². The first-order valence-corrected chi connectivity index (χ1v) is 5.00. The molecule has 0 bridgehead atoms. The van der Waals surface area contributed by atoms with Gasteiger partial charge in [-0.3, -0.25) is 0 Å². The molecular weight excluding hydrogens is 222 g/mol. The third kappa shape index (κ3) is 2.47. The molecule has 0 aromatic heterocycles. The molecule has 0 aliphatic heterocycles. The Kier molecular flexibility index (Phi) is 3.14. The van der Waals surface area contributed by atoms with Crippen LogP contribution in [0.2, 0.25) is 0 Å². The van der Waals surface area contributed by atoms with Crippen LogP contribution in [0.1, 0.15) is 11.1 Å². The highest BCUT2D eigenvalue weighted by Crippen LogP contribution is 2.12. The van der Waals surface area contributed by atoms with Crippen molar-refractivity contribution in [3.8, 4) is 0 Å². The number of benzene rings is 2. The van der Waals surface area contributed by atoms with Crippen molar-refractivity contribution in [2.24, 2.45) is 10.9 Å². The fourth-order valence-electron chi connectivity index (χ4n) is 1.53. The van der Waals surface area contributed by atoms with E-state index in [1.807, 2.05) is 0 Å². The highest BCUT2D eigenvalue weighted by Gasteiger charge is 2.06. The van der Waals surface area contributed by atoms with Gasteiger partial charge in [-0.05, 0) is 48.5 Å². The van der Waals surface area contributed by atoms with E-state index in [1.165, 1.54) is 24.3 Å². The van der Waals surface area contributed by atoms with Crippen LogP contribution < -0.4 is 5.84 Å². The molecule has 0 aliphatic carbocycles. The van der Waals surface area contributed by atoms with Gasteiger partial charge >= 0.3 is 0 Å². The van der Waals surface area contributed by atoms with Gasteiger partial charge in [0, 0.05) is 11.1 Å². The SMILES string of the molecule is NN=C(c1ccc(F)cc1)c1ccc(F)cc1. The molecule has 17 heavy (non-hydrogen) atoms. The highest BCUT2D eigenvalue weighted by molar-refractivity contribution is 6.12. The maximum absolute atomic E-state index is 12.8. The number of rotatable bonds is 2. The van der Waals surface area contributed by atoms with E-state index in [9.17, 15) is 8.78 Å². The summed E-state index contributed by atoms with van der Waals surface area (Å²) in [6.07, 6.45) is 0. The minimum absolute atomic E-state index is 0.329. The highest BCUT2D eigenvalue weighted by atomic mass is 19.1. The second kappa shape index (κ2) is 4.74. The van der Waals surface area contributed by atoms with Crippen LogP contribution in [0.3, 0.4) is 0 Å². The molecule has 0 saturated carbocycles. The third-order valence-electron chi connectivity index (χ3n) is 2.36. The normalized spacial score (nSPS) is 10.0. The molecule has 2 aromatic rings. The monoisotopic (exact) mass is 232 g/mol. The Morgan fingerprint density at radius 1 is 0.765 bits per heavy atom. The summed E-state index contributed by atoms with van der Waals surface area (Å²) in [4.78, 5) is 0. The van der Waals surface area contributed by atoms with Gasteiger partial charge in [-0.2, -0.15) is 5.10 Å². The first-order chi connectivity index (χ1) is 8.20. The van der Waals surface area contributed by atoms with E-state index in [-0.39, 0.29) is 11.6 Å². The van der Waals surface area contributed by atoms with Gasteiger partial charge in [0.25, 0.3) is 0 Å². The summed E-state index contributed by atoms with van der Waals surface area (Å²) in [6, 6.07) is 11.6. The minimum atomic E-state index is -0.329. The van der Waals surface area contributed by atoms with Crippen LogP contribution in [0.25, 0.3) is 0 Å². The van der Waals surface area contributed by atoms with Crippen LogP contribution in [0.4, 0.5) is 8.78 Å². The quantitative estimate of drug-likeness (QED) is 0.482. The van der Waals surface area contributed by atoms with Crippen LogP contribution in [-0.2, 0) is 0 Å². The van der Waals surface area contributed by atoms with Gasteiger partial charge in [0.1, 0.15) is 11.6 Å². The van der Waals surface area contributed by atoms with Crippen LogP contribution in [0, 0.1) is 11.6 Å². The molecule has 0 spiro atoms. The van der Waals surface area contributed by atoms with Gasteiger partial charge in [-0.25, -0.2) is 8.78 Å². The van der Waals surface area contributed by atoms with E-state index >= 15 is 0 Å². The molecule has 2 aromatic carbocycles. The molecule has 0 saturated heterocycles. The van der Waals surface area contributed by atoms with E-state index in [2.05, 4.69) is 5.10 Å². The second-order valence-corrected chi connectivity index (χ2v) is 3.49. The van der Waals surface area contributed by atoms with Gasteiger partial charge in [-0.1, -0.05) is 0 Å². The van der Waals surface area contributed by atoms with Gasteiger partial charge in [0.15, 0.2) is 0 Å². The van der Waals surface area contributed by atoms with Crippen molar-refractivity contribution in [3.05, 3.63) is 71.3 Å². The van der Waals surface area contributed by atoms with Gasteiger partial charge < -0.3 is 5.84 Å². The Hall–Kier alpha value is -2.23. The molecule has 2 N–H and O–H groups in total. The topological polar surface area (TPSA) is 38.4 Å². The molecular formula is C13H10F2N2. The van der Waals surface area contributed by atoms with E-state index in [4.69, 9.17) is 5.84 Å². The van der Waals surface area contributed by atoms with E-state index in [0.29, 0.717) is 16.8 Å². The maximum atomic E-state index is 12.8. The molecule has 2 nitrogen and oxygen atoms in total.